The largest absolute Gasteiger partial charge is 0.493 e. The van der Waals surface area contributed by atoms with Crippen molar-refractivity contribution < 1.29 is 17.9 Å². The number of hydrogen-bond donors (Lipinski definition) is 1. The predicted octanol–water partition coefficient (Wildman–Crippen LogP) is 1.17. The molecule has 1 aliphatic rings. The normalized spacial score (nSPS) is 17.3. The summed E-state index contributed by atoms with van der Waals surface area (Å²) in [4.78, 5) is 12.2. The van der Waals surface area contributed by atoms with Gasteiger partial charge in [0.05, 0.1) is 24.2 Å². The van der Waals surface area contributed by atoms with E-state index in [1.54, 1.807) is 16.7 Å². The first-order valence-electron chi connectivity index (χ1n) is 8.93. The van der Waals surface area contributed by atoms with E-state index in [1.165, 1.54) is 42.3 Å². The number of aromatic nitrogens is 3. The van der Waals surface area contributed by atoms with Crippen LogP contribution in [-0.2, 0) is 21.3 Å². The highest BCUT2D eigenvalue weighted by molar-refractivity contribution is 7.99. The van der Waals surface area contributed by atoms with Crippen LogP contribution in [0.1, 0.15) is 12.8 Å². The van der Waals surface area contributed by atoms with Gasteiger partial charge in [-0.15, -0.1) is 5.10 Å². The van der Waals surface area contributed by atoms with E-state index in [-0.39, 0.29) is 16.7 Å². The summed E-state index contributed by atoms with van der Waals surface area (Å²) < 4.78 is 38.1. The number of rotatable bonds is 9. The van der Waals surface area contributed by atoms with Crippen molar-refractivity contribution in [1.29, 1.82) is 0 Å². The van der Waals surface area contributed by atoms with E-state index in [1.807, 2.05) is 0 Å². The minimum absolute atomic E-state index is 0.0582. The lowest BCUT2D eigenvalue weighted by Gasteiger charge is -2.12. The Bertz CT molecular complexity index is 931. The number of nitrogens with one attached hydrogen (secondary N) is 1. The molecule has 1 aromatic carbocycles. The zero-order valence-corrected chi connectivity index (χ0v) is 17.5. The highest BCUT2D eigenvalue weighted by Crippen LogP contribution is 2.20. The molecule has 1 N–H and O–H groups in total. The molecule has 9 nitrogen and oxygen atoms in total. The maximum absolute atomic E-state index is 12.1. The molecule has 1 unspecified atom stereocenters. The molecule has 2 aromatic rings. The van der Waals surface area contributed by atoms with E-state index in [2.05, 4.69) is 10.2 Å². The third-order valence-corrected chi connectivity index (χ3v) is 7.09. The smallest absolute Gasteiger partial charge is 0.344 e. The molecule has 0 saturated carbocycles. The van der Waals surface area contributed by atoms with Crippen molar-refractivity contribution in [2.75, 3.05) is 33.1 Å². The van der Waals surface area contributed by atoms with Gasteiger partial charge in [-0.25, -0.2) is 22.6 Å². The summed E-state index contributed by atoms with van der Waals surface area (Å²) in [5.74, 6) is 1.17. The van der Waals surface area contributed by atoms with E-state index in [0.29, 0.717) is 29.8 Å². The molecular weight excluding hydrogens is 404 g/mol. The zero-order chi connectivity index (χ0) is 20.1. The van der Waals surface area contributed by atoms with Crippen LogP contribution in [0.4, 0.5) is 0 Å². The van der Waals surface area contributed by atoms with Gasteiger partial charge in [0.15, 0.2) is 5.16 Å². The average molecular weight is 429 g/mol. The van der Waals surface area contributed by atoms with Crippen LogP contribution >= 0.6 is 11.8 Å². The van der Waals surface area contributed by atoms with Crippen molar-refractivity contribution in [3.05, 3.63) is 34.7 Å². The van der Waals surface area contributed by atoms with Gasteiger partial charge in [0.25, 0.3) is 0 Å². The van der Waals surface area contributed by atoms with Crippen LogP contribution < -0.4 is 10.4 Å². The number of ether oxygens (including phenoxy) is 2. The summed E-state index contributed by atoms with van der Waals surface area (Å²) in [7, 11) is -0.467. The minimum atomic E-state index is -3.45. The van der Waals surface area contributed by atoms with Crippen LogP contribution in [0.15, 0.2) is 39.1 Å². The first-order chi connectivity index (χ1) is 13.4. The first-order valence-corrected chi connectivity index (χ1v) is 11.4. The van der Waals surface area contributed by atoms with Crippen LogP contribution in [-0.4, -0.2) is 66.7 Å². The number of sulfonamides is 1. The molecule has 1 aliphatic heterocycles. The Balaban J connectivity index is 1.50. The molecule has 1 saturated heterocycles. The van der Waals surface area contributed by atoms with Gasteiger partial charge < -0.3 is 9.47 Å². The second kappa shape index (κ2) is 9.12. The lowest BCUT2D eigenvalue weighted by molar-refractivity contribution is 0.0941. The van der Waals surface area contributed by atoms with Crippen LogP contribution in [0.2, 0.25) is 0 Å². The van der Waals surface area contributed by atoms with Gasteiger partial charge in [-0.3, -0.25) is 4.57 Å². The quantitative estimate of drug-likeness (QED) is 0.472. The number of thioether (sulfide) groups is 1. The van der Waals surface area contributed by atoms with Crippen molar-refractivity contribution in [1.82, 2.24) is 19.1 Å². The lowest BCUT2D eigenvalue weighted by Crippen LogP contribution is -2.25. The zero-order valence-electron chi connectivity index (χ0n) is 15.8. The van der Waals surface area contributed by atoms with Crippen LogP contribution in [0.5, 0.6) is 5.75 Å². The van der Waals surface area contributed by atoms with Crippen LogP contribution in [0.3, 0.4) is 0 Å². The number of nitrogens with zero attached hydrogens (tertiary/aromatic N) is 3. The van der Waals surface area contributed by atoms with Crippen molar-refractivity contribution in [3.63, 3.8) is 0 Å². The molecule has 0 aliphatic carbocycles. The molecule has 0 amide bonds. The summed E-state index contributed by atoms with van der Waals surface area (Å²) in [5, 5.41) is 7.15. The monoisotopic (exact) mass is 428 g/mol. The summed E-state index contributed by atoms with van der Waals surface area (Å²) in [6, 6.07) is 6.29. The predicted molar refractivity (Wildman–Crippen MR) is 105 cm³/mol. The topological polar surface area (TPSA) is 107 Å². The molecule has 1 aromatic heterocycles. The molecular formula is C17H24N4O5S2. The Hall–Kier alpha value is -1.82. The summed E-state index contributed by atoms with van der Waals surface area (Å²) in [5.41, 5.74) is -0.239. The van der Waals surface area contributed by atoms with E-state index >= 15 is 0 Å². The second-order valence-electron chi connectivity index (χ2n) is 6.51. The van der Waals surface area contributed by atoms with Gasteiger partial charge >= 0.3 is 5.69 Å². The first kappa shape index (κ1) is 20.9. The number of aromatic amines is 1. The standard InChI is InChI=1S/C17H24N4O5S2/c1-20(2)28(23,24)15-7-5-13(6-8-15)26-10-11-27-17-19-18-16(22)21(17)12-14-4-3-9-25-14/h5-8,14H,3-4,9-12H2,1-2H3,(H,18,22). The number of H-pyrrole nitrogens is 1. The third-order valence-electron chi connectivity index (χ3n) is 4.32. The summed E-state index contributed by atoms with van der Waals surface area (Å²) in [6.07, 6.45) is 2.02. The molecule has 3 rings (SSSR count). The molecule has 2 heterocycles. The second-order valence-corrected chi connectivity index (χ2v) is 9.73. The van der Waals surface area contributed by atoms with Crippen molar-refractivity contribution >= 4 is 21.8 Å². The molecule has 11 heteroatoms. The highest BCUT2D eigenvalue weighted by atomic mass is 32.2. The molecule has 154 valence electrons. The third kappa shape index (κ3) is 4.96. The molecule has 28 heavy (non-hydrogen) atoms. The summed E-state index contributed by atoms with van der Waals surface area (Å²) >= 11 is 1.42. The van der Waals surface area contributed by atoms with Crippen LogP contribution in [0, 0.1) is 0 Å². The van der Waals surface area contributed by atoms with Gasteiger partial charge in [-0.2, -0.15) is 0 Å². The van der Waals surface area contributed by atoms with E-state index in [9.17, 15) is 13.2 Å². The van der Waals surface area contributed by atoms with E-state index in [4.69, 9.17) is 9.47 Å². The van der Waals surface area contributed by atoms with Crippen molar-refractivity contribution in [3.8, 4) is 5.75 Å². The molecule has 0 bridgehead atoms. The Morgan fingerprint density at radius 1 is 1.36 bits per heavy atom. The Labute approximate surface area is 168 Å². The molecule has 1 fully saturated rings. The Morgan fingerprint density at radius 2 is 2.11 bits per heavy atom. The van der Waals surface area contributed by atoms with Gasteiger partial charge in [-0.1, -0.05) is 11.8 Å². The fraction of sp³-hybridized carbons (Fsp3) is 0.529. The van der Waals surface area contributed by atoms with Gasteiger partial charge in [-0.05, 0) is 37.1 Å². The Morgan fingerprint density at radius 3 is 2.75 bits per heavy atom. The van der Waals surface area contributed by atoms with E-state index < -0.39 is 10.0 Å². The summed E-state index contributed by atoms with van der Waals surface area (Å²) in [6.45, 7) is 1.63. The molecule has 0 radical (unpaired) electrons. The minimum Gasteiger partial charge on any atom is -0.493 e. The number of hydrogen-bond acceptors (Lipinski definition) is 7. The fourth-order valence-electron chi connectivity index (χ4n) is 2.78. The Kier molecular flexibility index (Phi) is 6.81. The van der Waals surface area contributed by atoms with Gasteiger partial charge in [0, 0.05) is 26.5 Å². The number of benzene rings is 1. The van der Waals surface area contributed by atoms with Crippen LogP contribution in [0.25, 0.3) is 0 Å². The van der Waals surface area contributed by atoms with Crippen molar-refractivity contribution in [2.24, 2.45) is 0 Å². The molecule has 1 atom stereocenters. The molecule has 0 spiro atoms. The highest BCUT2D eigenvalue weighted by Gasteiger charge is 2.20. The van der Waals surface area contributed by atoms with Crippen molar-refractivity contribution in [2.45, 2.75) is 35.5 Å². The fourth-order valence-corrected chi connectivity index (χ4v) is 4.45. The van der Waals surface area contributed by atoms with Gasteiger partial charge in [0.1, 0.15) is 5.75 Å². The van der Waals surface area contributed by atoms with E-state index in [0.717, 1.165) is 19.4 Å². The maximum atomic E-state index is 12.1. The van der Waals surface area contributed by atoms with Gasteiger partial charge in [0.2, 0.25) is 10.0 Å². The maximum Gasteiger partial charge on any atom is 0.344 e. The SMILES string of the molecule is CN(C)S(=O)(=O)c1ccc(OCCSc2n[nH]c(=O)n2CC2CCCO2)cc1. The average Bonchev–Trinajstić information content (AvgIpc) is 3.30. The lowest BCUT2D eigenvalue weighted by atomic mass is 10.2.